The molecule has 0 radical (unpaired) electrons. The SMILES string of the molecule is CNC(CSCCS(C)(=O)=O)c1ccc(C)c(C)c1. The molecule has 3 nitrogen and oxygen atoms in total. The number of thioether (sulfide) groups is 1. The largest absolute Gasteiger partial charge is 0.312 e. The van der Waals surface area contributed by atoms with Gasteiger partial charge in [-0.25, -0.2) is 8.42 Å². The van der Waals surface area contributed by atoms with Crippen molar-refractivity contribution in [3.8, 4) is 0 Å². The maximum atomic E-state index is 11.1. The van der Waals surface area contributed by atoms with E-state index < -0.39 is 9.84 Å². The van der Waals surface area contributed by atoms with Gasteiger partial charge in [0.25, 0.3) is 0 Å². The Kier molecular flexibility index (Phi) is 6.36. The summed E-state index contributed by atoms with van der Waals surface area (Å²) in [4.78, 5) is 0. The van der Waals surface area contributed by atoms with E-state index in [1.54, 1.807) is 11.8 Å². The Morgan fingerprint density at radius 3 is 2.47 bits per heavy atom. The number of nitrogens with one attached hydrogen (secondary N) is 1. The molecule has 1 N–H and O–H groups in total. The summed E-state index contributed by atoms with van der Waals surface area (Å²) in [6.45, 7) is 4.22. The molecule has 0 aliphatic carbocycles. The van der Waals surface area contributed by atoms with Crippen LogP contribution in [0.1, 0.15) is 22.7 Å². The van der Waals surface area contributed by atoms with Crippen LogP contribution in [0.5, 0.6) is 0 Å². The van der Waals surface area contributed by atoms with Crippen molar-refractivity contribution in [3.05, 3.63) is 34.9 Å². The average molecular weight is 301 g/mol. The van der Waals surface area contributed by atoms with Crippen LogP contribution in [0, 0.1) is 13.8 Å². The van der Waals surface area contributed by atoms with Crippen LogP contribution in [0.15, 0.2) is 18.2 Å². The topological polar surface area (TPSA) is 46.2 Å². The van der Waals surface area contributed by atoms with Gasteiger partial charge in [0.05, 0.1) is 5.75 Å². The quantitative estimate of drug-likeness (QED) is 0.785. The minimum absolute atomic E-state index is 0.251. The second-order valence-corrected chi connectivity index (χ2v) is 8.30. The number of aryl methyl sites for hydroxylation is 2. The van der Waals surface area contributed by atoms with Gasteiger partial charge >= 0.3 is 0 Å². The minimum atomic E-state index is -2.85. The van der Waals surface area contributed by atoms with Crippen LogP contribution >= 0.6 is 11.8 Å². The monoisotopic (exact) mass is 301 g/mol. The van der Waals surface area contributed by atoms with Gasteiger partial charge in [-0.05, 0) is 37.6 Å². The van der Waals surface area contributed by atoms with Crippen LogP contribution in [-0.2, 0) is 9.84 Å². The lowest BCUT2D eigenvalue weighted by molar-refractivity contribution is 0.603. The van der Waals surface area contributed by atoms with E-state index in [0.29, 0.717) is 5.75 Å². The Hall–Kier alpha value is -0.520. The highest BCUT2D eigenvalue weighted by Crippen LogP contribution is 2.20. The first kappa shape index (κ1) is 16.5. The van der Waals surface area contributed by atoms with Crippen molar-refractivity contribution in [2.24, 2.45) is 0 Å². The summed E-state index contributed by atoms with van der Waals surface area (Å²) in [6.07, 6.45) is 1.28. The predicted molar refractivity (Wildman–Crippen MR) is 84.8 cm³/mol. The molecule has 0 bridgehead atoms. The van der Waals surface area contributed by atoms with Gasteiger partial charge in [-0.2, -0.15) is 11.8 Å². The highest BCUT2D eigenvalue weighted by molar-refractivity contribution is 8.00. The van der Waals surface area contributed by atoms with Crippen LogP contribution in [0.2, 0.25) is 0 Å². The number of benzene rings is 1. The first-order valence-electron chi connectivity index (χ1n) is 6.33. The van der Waals surface area contributed by atoms with Crippen LogP contribution in [0.3, 0.4) is 0 Å². The molecule has 1 unspecified atom stereocenters. The first-order chi connectivity index (χ1) is 8.83. The van der Waals surface area contributed by atoms with E-state index in [4.69, 9.17) is 0 Å². The van der Waals surface area contributed by atoms with Gasteiger partial charge in [-0.15, -0.1) is 0 Å². The highest BCUT2D eigenvalue weighted by Gasteiger charge is 2.11. The van der Waals surface area contributed by atoms with Crippen molar-refractivity contribution in [1.29, 1.82) is 0 Å². The van der Waals surface area contributed by atoms with Crippen LogP contribution in [0.4, 0.5) is 0 Å². The van der Waals surface area contributed by atoms with Gasteiger partial charge in [0.15, 0.2) is 0 Å². The molecule has 0 saturated heterocycles. The summed E-state index contributed by atoms with van der Waals surface area (Å²) in [5.74, 6) is 1.79. The average Bonchev–Trinajstić information content (AvgIpc) is 2.32. The second-order valence-electron chi connectivity index (χ2n) is 4.89. The van der Waals surface area contributed by atoms with E-state index in [1.165, 1.54) is 22.9 Å². The third kappa shape index (κ3) is 5.97. The van der Waals surface area contributed by atoms with E-state index in [1.807, 2.05) is 7.05 Å². The van der Waals surface area contributed by atoms with Crippen molar-refractivity contribution in [2.75, 3.05) is 30.6 Å². The molecule has 0 spiro atoms. The lowest BCUT2D eigenvalue weighted by Crippen LogP contribution is -2.19. The van der Waals surface area contributed by atoms with Gasteiger partial charge in [0.1, 0.15) is 9.84 Å². The zero-order valence-electron chi connectivity index (χ0n) is 12.1. The summed E-state index contributed by atoms with van der Waals surface area (Å²) in [5, 5.41) is 3.29. The summed E-state index contributed by atoms with van der Waals surface area (Å²) in [6, 6.07) is 6.74. The van der Waals surface area contributed by atoms with E-state index in [0.717, 1.165) is 5.75 Å². The van der Waals surface area contributed by atoms with Gasteiger partial charge in [0.2, 0.25) is 0 Å². The Morgan fingerprint density at radius 2 is 1.95 bits per heavy atom. The molecule has 1 atom stereocenters. The predicted octanol–water partition coefficient (Wildman–Crippen LogP) is 2.34. The van der Waals surface area contributed by atoms with E-state index in [-0.39, 0.29) is 11.8 Å². The third-order valence-electron chi connectivity index (χ3n) is 3.16. The molecule has 1 aromatic carbocycles. The molecule has 1 aromatic rings. The molecule has 19 heavy (non-hydrogen) atoms. The van der Waals surface area contributed by atoms with Crippen LogP contribution < -0.4 is 5.32 Å². The normalized spacial score (nSPS) is 13.5. The molecule has 0 aromatic heterocycles. The van der Waals surface area contributed by atoms with Crippen molar-refractivity contribution in [3.63, 3.8) is 0 Å². The molecule has 0 saturated carbocycles. The lowest BCUT2D eigenvalue weighted by atomic mass is 10.0. The summed E-state index contributed by atoms with van der Waals surface area (Å²) in [7, 11) is -0.906. The molecule has 0 heterocycles. The van der Waals surface area contributed by atoms with Crippen molar-refractivity contribution in [2.45, 2.75) is 19.9 Å². The van der Waals surface area contributed by atoms with Crippen LogP contribution in [0.25, 0.3) is 0 Å². The first-order valence-corrected chi connectivity index (χ1v) is 9.55. The maximum Gasteiger partial charge on any atom is 0.148 e. The van der Waals surface area contributed by atoms with E-state index in [9.17, 15) is 8.42 Å². The van der Waals surface area contributed by atoms with Crippen molar-refractivity contribution >= 4 is 21.6 Å². The molecule has 0 aliphatic heterocycles. The van der Waals surface area contributed by atoms with Crippen molar-refractivity contribution in [1.82, 2.24) is 5.32 Å². The van der Waals surface area contributed by atoms with E-state index >= 15 is 0 Å². The zero-order valence-corrected chi connectivity index (χ0v) is 13.7. The Balaban J connectivity index is 2.56. The molecule has 5 heteroatoms. The zero-order chi connectivity index (χ0) is 14.5. The smallest absolute Gasteiger partial charge is 0.148 e. The molecule has 0 amide bonds. The lowest BCUT2D eigenvalue weighted by Gasteiger charge is -2.17. The maximum absolute atomic E-state index is 11.1. The van der Waals surface area contributed by atoms with E-state index in [2.05, 4.69) is 37.4 Å². The molecular formula is C14H23NO2S2. The third-order valence-corrected chi connectivity index (χ3v) is 5.43. The summed E-state index contributed by atoms with van der Waals surface area (Å²) in [5.41, 5.74) is 3.85. The number of rotatable bonds is 7. The highest BCUT2D eigenvalue weighted by atomic mass is 32.2. The van der Waals surface area contributed by atoms with Crippen LogP contribution in [-0.4, -0.2) is 39.0 Å². The molecule has 1 rings (SSSR count). The fourth-order valence-corrected chi connectivity index (χ4v) is 4.18. The summed E-state index contributed by atoms with van der Waals surface area (Å²) < 4.78 is 22.1. The molecule has 0 aliphatic rings. The Bertz CT molecular complexity index is 512. The summed E-state index contributed by atoms with van der Waals surface area (Å²) >= 11 is 1.68. The fraction of sp³-hybridized carbons (Fsp3) is 0.571. The second kappa shape index (κ2) is 7.31. The Labute approximate surface area is 121 Å². The number of hydrogen-bond acceptors (Lipinski definition) is 4. The van der Waals surface area contributed by atoms with Gasteiger partial charge in [-0.1, -0.05) is 18.2 Å². The van der Waals surface area contributed by atoms with Gasteiger partial charge < -0.3 is 5.32 Å². The standard InChI is InChI=1S/C14H23NO2S2/c1-11-5-6-13(9-12(11)2)14(15-3)10-18-7-8-19(4,16)17/h5-6,9,14-15H,7-8,10H2,1-4H3. The van der Waals surface area contributed by atoms with Crippen molar-refractivity contribution < 1.29 is 8.42 Å². The Morgan fingerprint density at radius 1 is 1.26 bits per heavy atom. The molecule has 0 fully saturated rings. The number of hydrogen-bond donors (Lipinski definition) is 1. The fourth-order valence-electron chi connectivity index (χ4n) is 1.74. The van der Waals surface area contributed by atoms with Gasteiger partial charge in [-0.3, -0.25) is 0 Å². The van der Waals surface area contributed by atoms with Gasteiger partial charge in [0, 0.05) is 23.8 Å². The molecular weight excluding hydrogens is 278 g/mol. The minimum Gasteiger partial charge on any atom is -0.312 e. The number of sulfone groups is 1. The molecule has 108 valence electrons.